The second kappa shape index (κ2) is 1.70. The monoisotopic (exact) mass is 158 g/mol. The number of aromatic amines is 1. The highest BCUT2D eigenvalue weighted by molar-refractivity contribution is 9.10. The zero-order valence-electron chi connectivity index (χ0n) is 3.74. The van der Waals surface area contributed by atoms with Crippen LogP contribution in [-0.2, 0) is 0 Å². The maximum atomic E-state index is 3.68. The summed E-state index contributed by atoms with van der Waals surface area (Å²) in [6.45, 7) is 3.68. The van der Waals surface area contributed by atoms with Crippen molar-refractivity contribution in [2.24, 2.45) is 0 Å². The van der Waals surface area contributed by atoms with Gasteiger partial charge in [-0.05, 0) is 34.5 Å². The summed E-state index contributed by atoms with van der Waals surface area (Å²) in [5.74, 6) is 0. The quantitative estimate of drug-likeness (QED) is 0.595. The Balaban J connectivity index is 3.04. The van der Waals surface area contributed by atoms with Crippen LogP contribution in [0.1, 0.15) is 5.56 Å². The van der Waals surface area contributed by atoms with Gasteiger partial charge in [-0.15, -0.1) is 0 Å². The van der Waals surface area contributed by atoms with Gasteiger partial charge >= 0.3 is 0 Å². The summed E-state index contributed by atoms with van der Waals surface area (Å²) in [5.41, 5.74) is 1.01. The maximum Gasteiger partial charge on any atom is 0.0822 e. The van der Waals surface area contributed by atoms with E-state index < -0.39 is 0 Å². The van der Waals surface area contributed by atoms with Gasteiger partial charge in [0.1, 0.15) is 0 Å². The fraction of sp³-hybridized carbons (Fsp3) is 0. The molecule has 1 rings (SSSR count). The molecule has 0 aliphatic rings. The van der Waals surface area contributed by atoms with Gasteiger partial charge in [0.15, 0.2) is 0 Å². The Labute approximate surface area is 50.9 Å². The van der Waals surface area contributed by atoms with Gasteiger partial charge < -0.3 is 4.98 Å². The predicted octanol–water partition coefficient (Wildman–Crippen LogP) is 1.96. The molecule has 0 saturated carbocycles. The number of H-pyrrole nitrogens is 1. The van der Waals surface area contributed by atoms with Crippen molar-refractivity contribution in [3.8, 4) is 0 Å². The fourth-order valence-corrected chi connectivity index (χ4v) is 0.816. The molecule has 0 spiro atoms. The van der Waals surface area contributed by atoms with Crippen molar-refractivity contribution < 1.29 is 0 Å². The van der Waals surface area contributed by atoms with Crippen molar-refractivity contribution >= 4 is 15.9 Å². The van der Waals surface area contributed by atoms with Crippen LogP contribution in [0.5, 0.6) is 0 Å². The highest BCUT2D eigenvalue weighted by Gasteiger charge is 1.84. The minimum absolute atomic E-state index is 0.984. The van der Waals surface area contributed by atoms with E-state index in [2.05, 4.69) is 27.8 Å². The van der Waals surface area contributed by atoms with Gasteiger partial charge in [0.25, 0.3) is 0 Å². The van der Waals surface area contributed by atoms with Crippen LogP contribution in [0.15, 0.2) is 16.9 Å². The Bertz CT molecular complexity index is 140. The molecule has 1 aromatic rings. The summed E-state index contributed by atoms with van der Waals surface area (Å²) in [7, 11) is 0. The summed E-state index contributed by atoms with van der Waals surface area (Å²) in [6, 6.07) is 1.92. The summed E-state index contributed by atoms with van der Waals surface area (Å²) < 4.78 is 0.984. The molecule has 0 atom stereocenters. The first kappa shape index (κ1) is 4.91. The molecule has 0 aliphatic heterocycles. The summed E-state index contributed by atoms with van der Waals surface area (Å²) in [5, 5.41) is 0. The Hall–Kier alpha value is -0.240. The van der Waals surface area contributed by atoms with Crippen molar-refractivity contribution in [3.05, 3.63) is 29.4 Å². The average molecular weight is 159 g/mol. The van der Waals surface area contributed by atoms with Gasteiger partial charge in [-0.1, -0.05) is 0 Å². The van der Waals surface area contributed by atoms with Crippen LogP contribution in [0.25, 0.3) is 0 Å². The van der Waals surface area contributed by atoms with Gasteiger partial charge in [-0.25, -0.2) is 0 Å². The summed E-state index contributed by atoms with van der Waals surface area (Å²) in [6.07, 6.45) is 1.84. The zero-order valence-corrected chi connectivity index (χ0v) is 5.33. The van der Waals surface area contributed by atoms with Crippen LogP contribution in [0.4, 0.5) is 0 Å². The topological polar surface area (TPSA) is 15.8 Å². The number of nitrogens with one attached hydrogen (secondary N) is 1. The first-order chi connectivity index (χ1) is 3.29. The van der Waals surface area contributed by atoms with Crippen LogP contribution in [0, 0.1) is 6.92 Å². The molecule has 1 N–H and O–H groups in total. The van der Waals surface area contributed by atoms with Crippen LogP contribution < -0.4 is 0 Å². The van der Waals surface area contributed by atoms with Crippen molar-refractivity contribution in [1.82, 2.24) is 4.98 Å². The number of rotatable bonds is 0. The van der Waals surface area contributed by atoms with Gasteiger partial charge in [-0.3, -0.25) is 0 Å². The number of halogens is 1. The van der Waals surface area contributed by atoms with Gasteiger partial charge in [0.2, 0.25) is 0 Å². The van der Waals surface area contributed by atoms with Crippen LogP contribution in [-0.4, -0.2) is 4.98 Å². The second-order valence-electron chi connectivity index (χ2n) is 1.36. The first-order valence-electron chi connectivity index (χ1n) is 1.95. The van der Waals surface area contributed by atoms with Crippen LogP contribution in [0.2, 0.25) is 0 Å². The molecule has 1 aromatic heterocycles. The van der Waals surface area contributed by atoms with Crippen LogP contribution >= 0.6 is 15.9 Å². The van der Waals surface area contributed by atoms with E-state index in [4.69, 9.17) is 0 Å². The molecule has 1 nitrogen and oxygen atoms in total. The molecule has 0 aromatic carbocycles. The molecule has 7 heavy (non-hydrogen) atoms. The van der Waals surface area contributed by atoms with E-state index in [1.54, 1.807) is 0 Å². The van der Waals surface area contributed by atoms with Gasteiger partial charge in [-0.2, -0.15) is 0 Å². The number of hydrogen-bond acceptors (Lipinski definition) is 0. The van der Waals surface area contributed by atoms with E-state index in [-0.39, 0.29) is 0 Å². The van der Waals surface area contributed by atoms with Gasteiger partial charge in [0, 0.05) is 6.20 Å². The first-order valence-corrected chi connectivity index (χ1v) is 2.74. The van der Waals surface area contributed by atoms with Crippen molar-refractivity contribution in [2.75, 3.05) is 0 Å². The van der Waals surface area contributed by atoms with Crippen molar-refractivity contribution in [2.45, 2.75) is 0 Å². The van der Waals surface area contributed by atoms with E-state index >= 15 is 0 Å². The minimum Gasteiger partial charge on any atom is -0.356 e. The molecule has 0 amide bonds. The molecular formula is C5H5BrN. The third-order valence-electron chi connectivity index (χ3n) is 0.708. The molecule has 0 unspecified atom stereocenters. The summed E-state index contributed by atoms with van der Waals surface area (Å²) >= 11 is 3.24. The molecule has 0 fully saturated rings. The van der Waals surface area contributed by atoms with Gasteiger partial charge in [0.05, 0.1) is 4.60 Å². The Morgan fingerprint density at radius 2 is 2.43 bits per heavy atom. The SMILES string of the molecule is [CH2]c1c[nH]c(Br)c1. The molecule has 2 heteroatoms. The normalized spacial score (nSPS) is 9.43. The van der Waals surface area contributed by atoms with Crippen LogP contribution in [0.3, 0.4) is 0 Å². The standard InChI is InChI=1S/C5H5BrN/c1-4-2-5(6)7-3-4/h2-3,7H,1H2. The number of aromatic nitrogens is 1. The van der Waals surface area contributed by atoms with E-state index in [0.717, 1.165) is 10.2 Å². The fourth-order valence-electron chi connectivity index (χ4n) is 0.408. The third-order valence-corrected chi connectivity index (χ3v) is 1.17. The Morgan fingerprint density at radius 1 is 1.71 bits per heavy atom. The van der Waals surface area contributed by atoms with E-state index in [0.29, 0.717) is 0 Å². The molecule has 37 valence electrons. The van der Waals surface area contributed by atoms with Crippen molar-refractivity contribution in [3.63, 3.8) is 0 Å². The predicted molar refractivity (Wildman–Crippen MR) is 33.0 cm³/mol. The molecule has 1 heterocycles. The lowest BCUT2D eigenvalue weighted by molar-refractivity contribution is 1.36. The largest absolute Gasteiger partial charge is 0.356 e. The molecule has 0 aliphatic carbocycles. The molecule has 1 radical (unpaired) electrons. The Kier molecular flexibility index (Phi) is 1.19. The number of hydrogen-bond donors (Lipinski definition) is 1. The van der Waals surface area contributed by atoms with Crippen molar-refractivity contribution in [1.29, 1.82) is 0 Å². The summed E-state index contributed by atoms with van der Waals surface area (Å²) in [4.78, 5) is 2.92. The lowest BCUT2D eigenvalue weighted by Gasteiger charge is -1.68. The van der Waals surface area contributed by atoms with E-state index in [1.165, 1.54) is 0 Å². The third kappa shape index (κ3) is 1.06. The average Bonchev–Trinajstić information content (AvgIpc) is 1.87. The minimum atomic E-state index is 0.984. The lowest BCUT2D eigenvalue weighted by atomic mass is 10.4. The highest BCUT2D eigenvalue weighted by Crippen LogP contribution is 2.07. The maximum absolute atomic E-state index is 3.68. The highest BCUT2D eigenvalue weighted by atomic mass is 79.9. The molecule has 0 bridgehead atoms. The molecule has 0 saturated heterocycles. The Morgan fingerprint density at radius 3 is 2.57 bits per heavy atom. The van der Waals surface area contributed by atoms with E-state index in [9.17, 15) is 0 Å². The lowest BCUT2D eigenvalue weighted by Crippen LogP contribution is -1.51. The van der Waals surface area contributed by atoms with E-state index in [1.807, 2.05) is 12.3 Å². The smallest absolute Gasteiger partial charge is 0.0822 e. The molecular weight excluding hydrogens is 154 g/mol. The second-order valence-corrected chi connectivity index (χ2v) is 2.21. The zero-order chi connectivity index (χ0) is 5.28.